The van der Waals surface area contributed by atoms with E-state index in [0.717, 1.165) is 46.8 Å². The standard InChI is InChI=1S/C24H21NO3/c1-15-8-10-19-18(13-15)24(26)28-22-14-16(2)9-11-20(22)25(19)21-7-3-5-17-6-4-12-27-23(17)21/h3,5,7-11,13-14H,4,6,12H2,1-2H3. The summed E-state index contributed by atoms with van der Waals surface area (Å²) in [5.41, 5.74) is 6.39. The molecule has 4 heteroatoms. The minimum Gasteiger partial charge on any atom is -0.491 e. The summed E-state index contributed by atoms with van der Waals surface area (Å²) in [4.78, 5) is 15.0. The number of rotatable bonds is 1. The lowest BCUT2D eigenvalue weighted by molar-refractivity contribution is 0.0738. The maximum Gasteiger partial charge on any atom is 0.345 e. The third kappa shape index (κ3) is 2.64. The Bertz CT molecular complexity index is 1100. The largest absolute Gasteiger partial charge is 0.491 e. The molecular weight excluding hydrogens is 350 g/mol. The number of benzene rings is 3. The van der Waals surface area contributed by atoms with Gasteiger partial charge in [-0.15, -0.1) is 0 Å². The Morgan fingerprint density at radius 2 is 1.68 bits per heavy atom. The molecule has 28 heavy (non-hydrogen) atoms. The van der Waals surface area contributed by atoms with E-state index in [4.69, 9.17) is 9.47 Å². The van der Waals surface area contributed by atoms with Crippen molar-refractivity contribution in [3.63, 3.8) is 0 Å². The van der Waals surface area contributed by atoms with E-state index in [9.17, 15) is 4.79 Å². The van der Waals surface area contributed by atoms with E-state index in [-0.39, 0.29) is 5.97 Å². The Morgan fingerprint density at radius 3 is 2.54 bits per heavy atom. The molecule has 140 valence electrons. The van der Waals surface area contributed by atoms with Gasteiger partial charge in [-0.25, -0.2) is 4.79 Å². The first-order valence-corrected chi connectivity index (χ1v) is 9.60. The van der Waals surface area contributed by atoms with Gasteiger partial charge in [0, 0.05) is 0 Å². The zero-order valence-corrected chi connectivity index (χ0v) is 16.0. The molecule has 0 unspecified atom stereocenters. The highest BCUT2D eigenvalue weighted by Gasteiger charge is 2.31. The molecule has 2 aliphatic heterocycles. The summed E-state index contributed by atoms with van der Waals surface area (Å²) in [7, 11) is 0. The fourth-order valence-electron chi connectivity index (χ4n) is 3.99. The summed E-state index contributed by atoms with van der Waals surface area (Å²) < 4.78 is 11.9. The van der Waals surface area contributed by atoms with Gasteiger partial charge >= 0.3 is 5.97 Å². The molecule has 0 aliphatic carbocycles. The Hall–Kier alpha value is -3.27. The van der Waals surface area contributed by atoms with Gasteiger partial charge in [0.25, 0.3) is 0 Å². The average Bonchev–Trinajstić information content (AvgIpc) is 2.81. The van der Waals surface area contributed by atoms with E-state index in [1.54, 1.807) is 0 Å². The molecule has 3 aromatic rings. The maximum absolute atomic E-state index is 12.9. The van der Waals surface area contributed by atoms with Crippen LogP contribution < -0.4 is 14.4 Å². The van der Waals surface area contributed by atoms with Gasteiger partial charge in [-0.05, 0) is 68.1 Å². The summed E-state index contributed by atoms with van der Waals surface area (Å²) in [6.07, 6.45) is 2.01. The fourth-order valence-corrected chi connectivity index (χ4v) is 3.99. The van der Waals surface area contributed by atoms with Crippen LogP contribution >= 0.6 is 0 Å². The van der Waals surface area contributed by atoms with E-state index in [1.807, 2.05) is 56.3 Å². The number of hydrogen-bond acceptors (Lipinski definition) is 4. The van der Waals surface area contributed by atoms with E-state index < -0.39 is 0 Å². The van der Waals surface area contributed by atoms with E-state index >= 15 is 0 Å². The molecule has 4 nitrogen and oxygen atoms in total. The van der Waals surface area contributed by atoms with Crippen molar-refractivity contribution >= 4 is 23.0 Å². The second-order valence-electron chi connectivity index (χ2n) is 7.43. The van der Waals surface area contributed by atoms with Crippen LogP contribution in [-0.2, 0) is 6.42 Å². The van der Waals surface area contributed by atoms with Crippen molar-refractivity contribution in [2.24, 2.45) is 0 Å². The molecule has 2 aliphatic rings. The number of fused-ring (bicyclic) bond motifs is 3. The lowest BCUT2D eigenvalue weighted by Crippen LogP contribution is -2.16. The number of para-hydroxylation sites is 1. The molecule has 3 aromatic carbocycles. The first-order chi connectivity index (χ1) is 13.6. The molecule has 2 heterocycles. The van der Waals surface area contributed by atoms with E-state index in [2.05, 4.69) is 17.0 Å². The van der Waals surface area contributed by atoms with Gasteiger partial charge in [0.05, 0.1) is 29.2 Å². The van der Waals surface area contributed by atoms with Crippen molar-refractivity contribution in [1.29, 1.82) is 0 Å². The molecule has 0 radical (unpaired) electrons. The Kier molecular flexibility index (Phi) is 3.86. The number of anilines is 3. The first kappa shape index (κ1) is 16.9. The summed E-state index contributed by atoms with van der Waals surface area (Å²) in [5, 5.41) is 0. The smallest absolute Gasteiger partial charge is 0.345 e. The van der Waals surface area contributed by atoms with Crippen molar-refractivity contribution in [2.45, 2.75) is 26.7 Å². The molecule has 0 saturated heterocycles. The van der Waals surface area contributed by atoms with Crippen LogP contribution in [0.4, 0.5) is 17.1 Å². The number of aryl methyl sites for hydroxylation is 3. The number of esters is 1. The summed E-state index contributed by atoms with van der Waals surface area (Å²) >= 11 is 0. The van der Waals surface area contributed by atoms with Crippen molar-refractivity contribution in [2.75, 3.05) is 11.5 Å². The molecule has 0 bridgehead atoms. The second kappa shape index (κ2) is 6.41. The highest BCUT2D eigenvalue weighted by molar-refractivity contribution is 6.03. The summed E-state index contributed by atoms with van der Waals surface area (Å²) in [6.45, 7) is 4.68. The van der Waals surface area contributed by atoms with Gasteiger partial charge in [0.15, 0.2) is 5.75 Å². The molecule has 0 fully saturated rings. The minimum atomic E-state index is -0.334. The number of ether oxygens (including phenoxy) is 2. The van der Waals surface area contributed by atoms with Crippen LogP contribution in [0.3, 0.4) is 0 Å². The Labute approximate surface area is 164 Å². The molecule has 0 atom stereocenters. The number of hydrogen-bond donors (Lipinski definition) is 0. The predicted octanol–water partition coefficient (Wildman–Crippen LogP) is 5.63. The van der Waals surface area contributed by atoms with Crippen molar-refractivity contribution < 1.29 is 14.3 Å². The van der Waals surface area contributed by atoms with E-state index in [1.165, 1.54) is 5.56 Å². The van der Waals surface area contributed by atoms with Crippen LogP contribution in [0.1, 0.15) is 33.5 Å². The monoisotopic (exact) mass is 371 g/mol. The fraction of sp³-hybridized carbons (Fsp3) is 0.208. The van der Waals surface area contributed by atoms with Crippen LogP contribution in [0.25, 0.3) is 0 Å². The van der Waals surface area contributed by atoms with Crippen molar-refractivity contribution in [3.05, 3.63) is 76.9 Å². The molecule has 0 amide bonds. The summed E-state index contributed by atoms with van der Waals surface area (Å²) in [6, 6.07) is 18.1. The van der Waals surface area contributed by atoms with Gasteiger partial charge in [-0.1, -0.05) is 29.8 Å². The van der Waals surface area contributed by atoms with Gasteiger partial charge in [-0.2, -0.15) is 0 Å². The van der Waals surface area contributed by atoms with Crippen LogP contribution in [0, 0.1) is 13.8 Å². The molecular formula is C24H21NO3. The van der Waals surface area contributed by atoms with Crippen LogP contribution in [0.15, 0.2) is 54.6 Å². The van der Waals surface area contributed by atoms with Crippen LogP contribution in [-0.4, -0.2) is 12.6 Å². The number of nitrogens with zero attached hydrogens (tertiary/aromatic N) is 1. The highest BCUT2D eigenvalue weighted by Crippen LogP contribution is 2.49. The average molecular weight is 371 g/mol. The minimum absolute atomic E-state index is 0.334. The van der Waals surface area contributed by atoms with Gasteiger partial charge in [0.1, 0.15) is 5.75 Å². The van der Waals surface area contributed by atoms with Crippen LogP contribution in [0.2, 0.25) is 0 Å². The molecule has 0 saturated carbocycles. The lowest BCUT2D eigenvalue weighted by Gasteiger charge is -2.30. The lowest BCUT2D eigenvalue weighted by atomic mass is 10.0. The second-order valence-corrected chi connectivity index (χ2v) is 7.43. The predicted molar refractivity (Wildman–Crippen MR) is 109 cm³/mol. The zero-order chi connectivity index (χ0) is 19.3. The van der Waals surface area contributed by atoms with Crippen LogP contribution in [0.5, 0.6) is 11.5 Å². The van der Waals surface area contributed by atoms with Crippen molar-refractivity contribution in [1.82, 2.24) is 0 Å². The highest BCUT2D eigenvalue weighted by atomic mass is 16.5. The number of carbonyl (C=O) groups is 1. The first-order valence-electron chi connectivity index (χ1n) is 9.60. The number of carbonyl (C=O) groups excluding carboxylic acids is 1. The maximum atomic E-state index is 12.9. The Morgan fingerprint density at radius 1 is 0.893 bits per heavy atom. The molecule has 0 aromatic heterocycles. The summed E-state index contributed by atoms with van der Waals surface area (Å²) in [5.74, 6) is 1.12. The third-order valence-electron chi connectivity index (χ3n) is 5.33. The molecule has 0 N–H and O–H groups in total. The zero-order valence-electron chi connectivity index (χ0n) is 16.0. The Balaban J connectivity index is 1.82. The SMILES string of the molecule is Cc1ccc2c(c1)OC(=O)c1cc(C)ccc1N2c1cccc2c1OCCC2. The van der Waals surface area contributed by atoms with Crippen molar-refractivity contribution in [3.8, 4) is 11.5 Å². The quantitative estimate of drug-likeness (QED) is 0.410. The topological polar surface area (TPSA) is 38.8 Å². The molecule has 5 rings (SSSR count). The third-order valence-corrected chi connectivity index (χ3v) is 5.33. The van der Waals surface area contributed by atoms with E-state index in [0.29, 0.717) is 17.9 Å². The van der Waals surface area contributed by atoms with Gasteiger partial charge in [-0.3, -0.25) is 0 Å². The van der Waals surface area contributed by atoms with Gasteiger partial charge in [0.2, 0.25) is 0 Å². The normalized spacial score (nSPS) is 14.9. The van der Waals surface area contributed by atoms with Gasteiger partial charge < -0.3 is 14.4 Å². The molecule has 0 spiro atoms.